The van der Waals surface area contributed by atoms with Gasteiger partial charge in [0.15, 0.2) is 0 Å². The van der Waals surface area contributed by atoms with Gasteiger partial charge in [0.2, 0.25) is 0 Å². The third-order valence-electron chi connectivity index (χ3n) is 12.3. The van der Waals surface area contributed by atoms with Crippen LogP contribution < -0.4 is 0 Å². The molecule has 0 spiro atoms. The Bertz CT molecular complexity index is 765. The normalized spacial score (nSPS) is 55.2. The van der Waals surface area contributed by atoms with Gasteiger partial charge in [-0.2, -0.15) is 0 Å². The molecule has 0 saturated heterocycles. The van der Waals surface area contributed by atoms with Crippen molar-refractivity contribution in [2.75, 3.05) is 13.2 Å². The SMILES string of the molecule is CC(COCC(C)=C1C2C(C)CCC2C2(C)CCC12)=C1C2C(C)CCC2C2(C)CCC12. The summed E-state index contributed by atoms with van der Waals surface area (Å²) in [4.78, 5) is 0. The lowest BCUT2D eigenvalue weighted by molar-refractivity contribution is 0.0468. The van der Waals surface area contributed by atoms with E-state index in [1.165, 1.54) is 51.4 Å². The summed E-state index contributed by atoms with van der Waals surface area (Å²) in [5.41, 5.74) is 8.15. The van der Waals surface area contributed by atoms with Gasteiger partial charge in [-0.25, -0.2) is 0 Å². The first-order chi connectivity index (χ1) is 14.8. The van der Waals surface area contributed by atoms with E-state index < -0.39 is 0 Å². The van der Waals surface area contributed by atoms with E-state index in [1.807, 2.05) is 11.1 Å². The van der Waals surface area contributed by atoms with Gasteiger partial charge in [-0.1, -0.05) is 38.8 Å². The molecule has 6 aliphatic rings. The molecular formula is C30H46O. The highest BCUT2D eigenvalue weighted by Gasteiger charge is 2.63. The number of rotatable bonds is 4. The van der Waals surface area contributed by atoms with Gasteiger partial charge < -0.3 is 4.74 Å². The van der Waals surface area contributed by atoms with Gasteiger partial charge in [-0.05, 0) is 135 Å². The molecule has 10 unspecified atom stereocenters. The molecule has 0 aliphatic heterocycles. The summed E-state index contributed by atoms with van der Waals surface area (Å²) in [6, 6.07) is 0. The number of fused-ring (bicyclic) bond motifs is 6. The van der Waals surface area contributed by atoms with Crippen molar-refractivity contribution >= 4 is 0 Å². The van der Waals surface area contributed by atoms with Crippen molar-refractivity contribution in [2.24, 2.45) is 58.2 Å². The lowest BCUT2D eigenvalue weighted by Gasteiger charge is -2.46. The second-order valence-electron chi connectivity index (χ2n) is 13.5. The Morgan fingerprint density at radius 2 is 1.13 bits per heavy atom. The first-order valence-corrected chi connectivity index (χ1v) is 13.7. The maximum absolute atomic E-state index is 6.51. The monoisotopic (exact) mass is 422 g/mol. The molecule has 0 radical (unpaired) electrons. The highest BCUT2D eigenvalue weighted by Crippen LogP contribution is 2.71. The van der Waals surface area contributed by atoms with Crippen molar-refractivity contribution in [3.63, 3.8) is 0 Å². The lowest BCUT2D eigenvalue weighted by atomic mass is 9.58. The van der Waals surface area contributed by atoms with E-state index in [9.17, 15) is 0 Å². The average Bonchev–Trinajstić information content (AvgIpc) is 3.37. The quantitative estimate of drug-likeness (QED) is 0.420. The van der Waals surface area contributed by atoms with E-state index >= 15 is 0 Å². The van der Waals surface area contributed by atoms with E-state index in [-0.39, 0.29) is 0 Å². The van der Waals surface area contributed by atoms with Crippen LogP contribution in [0.15, 0.2) is 22.3 Å². The van der Waals surface area contributed by atoms with Crippen LogP contribution in [0.2, 0.25) is 0 Å². The highest BCUT2D eigenvalue weighted by atomic mass is 16.5. The molecule has 0 aromatic rings. The summed E-state index contributed by atoms with van der Waals surface area (Å²) in [5, 5.41) is 0. The third kappa shape index (κ3) is 2.65. The van der Waals surface area contributed by atoms with E-state index in [0.29, 0.717) is 10.8 Å². The average molecular weight is 423 g/mol. The van der Waals surface area contributed by atoms with Crippen molar-refractivity contribution in [1.82, 2.24) is 0 Å². The summed E-state index contributed by atoms with van der Waals surface area (Å²) in [6.45, 7) is 16.8. The van der Waals surface area contributed by atoms with Crippen molar-refractivity contribution in [2.45, 2.75) is 92.9 Å². The van der Waals surface area contributed by atoms with Gasteiger partial charge in [0, 0.05) is 0 Å². The predicted octanol–water partition coefficient (Wildman–Crippen LogP) is 7.82. The molecule has 6 rings (SSSR count). The molecule has 10 atom stereocenters. The minimum atomic E-state index is 0.621. The van der Waals surface area contributed by atoms with E-state index in [4.69, 9.17) is 4.74 Å². The first-order valence-electron chi connectivity index (χ1n) is 13.7. The van der Waals surface area contributed by atoms with Crippen LogP contribution >= 0.6 is 0 Å². The van der Waals surface area contributed by atoms with E-state index in [1.54, 1.807) is 11.1 Å². The van der Waals surface area contributed by atoms with Gasteiger partial charge in [0.25, 0.3) is 0 Å². The third-order valence-corrected chi connectivity index (χ3v) is 12.3. The molecule has 6 aliphatic carbocycles. The molecule has 31 heavy (non-hydrogen) atoms. The van der Waals surface area contributed by atoms with Crippen LogP contribution in [0, 0.1) is 58.2 Å². The smallest absolute Gasteiger partial charge is 0.0681 e. The minimum absolute atomic E-state index is 0.621. The van der Waals surface area contributed by atoms with Crippen LogP contribution in [0.1, 0.15) is 92.9 Å². The maximum atomic E-state index is 6.51. The van der Waals surface area contributed by atoms with Crippen LogP contribution in [0.4, 0.5) is 0 Å². The number of hydrogen-bond donors (Lipinski definition) is 0. The molecule has 0 amide bonds. The Kier molecular flexibility index (Phi) is 4.72. The fraction of sp³-hybridized carbons (Fsp3) is 0.867. The zero-order valence-electron chi connectivity index (χ0n) is 21.1. The molecule has 0 aromatic carbocycles. The fourth-order valence-corrected chi connectivity index (χ4v) is 10.5. The minimum Gasteiger partial charge on any atom is -0.373 e. The zero-order chi connectivity index (χ0) is 21.7. The predicted molar refractivity (Wildman–Crippen MR) is 129 cm³/mol. The standard InChI is InChI=1S/C30H46O/c1-17-7-9-21-25(17)27(23-11-13-29(21,23)5)19(3)15-31-16-20(4)28-24-12-14-30(24,6)22-10-8-18(2)26(22)28/h17-18,21-26H,7-16H2,1-6H3. The first kappa shape index (κ1) is 21.0. The number of ether oxygens (including phenoxy) is 1. The summed E-state index contributed by atoms with van der Waals surface area (Å²) in [5.74, 6) is 7.18. The second kappa shape index (κ2) is 6.97. The molecule has 6 saturated carbocycles. The van der Waals surface area contributed by atoms with Crippen molar-refractivity contribution in [1.29, 1.82) is 0 Å². The van der Waals surface area contributed by atoms with Gasteiger partial charge in [0.1, 0.15) is 0 Å². The topological polar surface area (TPSA) is 9.23 Å². The lowest BCUT2D eigenvalue weighted by Crippen LogP contribution is -2.38. The van der Waals surface area contributed by atoms with Gasteiger partial charge in [-0.3, -0.25) is 0 Å². The molecule has 6 fully saturated rings. The Balaban J connectivity index is 1.19. The summed E-state index contributed by atoms with van der Waals surface area (Å²) >= 11 is 0. The second-order valence-corrected chi connectivity index (χ2v) is 13.5. The van der Waals surface area contributed by atoms with E-state index in [2.05, 4.69) is 41.5 Å². The van der Waals surface area contributed by atoms with Crippen LogP contribution in [0.5, 0.6) is 0 Å². The Morgan fingerprint density at radius 3 is 1.48 bits per heavy atom. The molecule has 0 aromatic heterocycles. The highest BCUT2D eigenvalue weighted by molar-refractivity contribution is 5.35. The van der Waals surface area contributed by atoms with Crippen molar-refractivity contribution in [3.05, 3.63) is 22.3 Å². The van der Waals surface area contributed by atoms with Crippen molar-refractivity contribution in [3.8, 4) is 0 Å². The molecule has 0 N–H and O–H groups in total. The van der Waals surface area contributed by atoms with Crippen LogP contribution in [-0.4, -0.2) is 13.2 Å². The molecule has 172 valence electrons. The van der Waals surface area contributed by atoms with Crippen LogP contribution in [0.3, 0.4) is 0 Å². The Morgan fingerprint density at radius 1 is 0.710 bits per heavy atom. The van der Waals surface area contributed by atoms with Gasteiger partial charge in [-0.15, -0.1) is 0 Å². The molecule has 0 heterocycles. The fourth-order valence-electron chi connectivity index (χ4n) is 10.5. The molecule has 1 nitrogen and oxygen atoms in total. The number of hydrogen-bond acceptors (Lipinski definition) is 1. The molecular weight excluding hydrogens is 376 g/mol. The zero-order valence-corrected chi connectivity index (χ0v) is 21.1. The molecule has 1 heteroatoms. The van der Waals surface area contributed by atoms with Gasteiger partial charge >= 0.3 is 0 Å². The largest absolute Gasteiger partial charge is 0.373 e. The summed E-state index contributed by atoms with van der Waals surface area (Å²) in [6.07, 6.45) is 11.7. The van der Waals surface area contributed by atoms with Crippen molar-refractivity contribution < 1.29 is 4.74 Å². The summed E-state index contributed by atoms with van der Waals surface area (Å²) in [7, 11) is 0. The van der Waals surface area contributed by atoms with Crippen LogP contribution in [0.25, 0.3) is 0 Å². The maximum Gasteiger partial charge on any atom is 0.0681 e. The Labute approximate surface area is 191 Å². The molecule has 0 bridgehead atoms. The number of allylic oxidation sites excluding steroid dienone is 2. The van der Waals surface area contributed by atoms with E-state index in [0.717, 1.165) is 60.6 Å². The van der Waals surface area contributed by atoms with Crippen LogP contribution in [-0.2, 0) is 4.74 Å². The Hall–Kier alpha value is -0.560. The van der Waals surface area contributed by atoms with Gasteiger partial charge in [0.05, 0.1) is 13.2 Å². The summed E-state index contributed by atoms with van der Waals surface area (Å²) < 4.78 is 6.51.